The molecule has 0 radical (unpaired) electrons. The minimum Gasteiger partial charge on any atom is -0.475 e. The third kappa shape index (κ3) is 2.41. The van der Waals surface area contributed by atoms with Crippen molar-refractivity contribution < 1.29 is 9.90 Å². The van der Waals surface area contributed by atoms with Gasteiger partial charge in [0.05, 0.1) is 22.3 Å². The molecule has 0 spiro atoms. The van der Waals surface area contributed by atoms with Crippen LogP contribution in [0.25, 0.3) is 5.69 Å². The fourth-order valence-corrected chi connectivity index (χ4v) is 1.87. The van der Waals surface area contributed by atoms with Crippen LogP contribution in [0.1, 0.15) is 28.9 Å². The van der Waals surface area contributed by atoms with E-state index < -0.39 is 5.97 Å². The number of aromatic nitrogens is 3. The molecule has 0 fully saturated rings. The van der Waals surface area contributed by atoms with Crippen molar-refractivity contribution in [3.8, 4) is 11.8 Å². The van der Waals surface area contributed by atoms with Crippen molar-refractivity contribution in [1.82, 2.24) is 14.8 Å². The molecule has 1 N–H and O–H groups in total. The maximum Gasteiger partial charge on any atom is 0.375 e. The standard InChI is InChI=1S/C12H9ClN4O2/c1-2-10-15-11(12(18)19)16-17(10)9-4-3-7(6-14)5-8(9)13/h3-5H,2H2,1H3,(H,18,19). The Morgan fingerprint density at radius 3 is 2.84 bits per heavy atom. The highest BCUT2D eigenvalue weighted by molar-refractivity contribution is 6.32. The Morgan fingerprint density at radius 1 is 1.58 bits per heavy atom. The molecule has 0 unspecified atom stereocenters. The Labute approximate surface area is 113 Å². The zero-order valence-electron chi connectivity index (χ0n) is 9.96. The maximum atomic E-state index is 10.9. The van der Waals surface area contributed by atoms with Gasteiger partial charge < -0.3 is 5.11 Å². The molecule has 0 amide bonds. The van der Waals surface area contributed by atoms with Crippen LogP contribution < -0.4 is 0 Å². The third-order valence-electron chi connectivity index (χ3n) is 2.49. The summed E-state index contributed by atoms with van der Waals surface area (Å²) in [5.74, 6) is -0.987. The second-order valence-corrected chi connectivity index (χ2v) is 4.11. The van der Waals surface area contributed by atoms with Gasteiger partial charge in [0.1, 0.15) is 5.82 Å². The lowest BCUT2D eigenvalue weighted by atomic mass is 10.2. The molecule has 0 aliphatic heterocycles. The highest BCUT2D eigenvalue weighted by Crippen LogP contribution is 2.22. The fraction of sp³-hybridized carbons (Fsp3) is 0.167. The normalized spacial score (nSPS) is 10.2. The van der Waals surface area contributed by atoms with Gasteiger partial charge in [-0.05, 0) is 18.2 Å². The second-order valence-electron chi connectivity index (χ2n) is 3.70. The molecule has 0 saturated heterocycles. The fourth-order valence-electron chi connectivity index (χ4n) is 1.60. The summed E-state index contributed by atoms with van der Waals surface area (Å²) in [5, 5.41) is 21.9. The predicted molar refractivity (Wildman–Crippen MR) is 67.4 cm³/mol. The second kappa shape index (κ2) is 5.08. The van der Waals surface area contributed by atoms with E-state index in [1.807, 2.05) is 13.0 Å². The average Bonchev–Trinajstić information content (AvgIpc) is 2.82. The average molecular weight is 277 g/mol. The number of rotatable bonds is 3. The van der Waals surface area contributed by atoms with E-state index in [-0.39, 0.29) is 5.82 Å². The number of aromatic carboxylic acids is 1. The zero-order chi connectivity index (χ0) is 14.0. The van der Waals surface area contributed by atoms with Crippen molar-refractivity contribution in [2.24, 2.45) is 0 Å². The quantitative estimate of drug-likeness (QED) is 0.926. The maximum absolute atomic E-state index is 10.9. The van der Waals surface area contributed by atoms with Gasteiger partial charge in [0.15, 0.2) is 0 Å². The van der Waals surface area contributed by atoms with E-state index in [0.717, 1.165) is 0 Å². The number of aryl methyl sites for hydroxylation is 1. The summed E-state index contributed by atoms with van der Waals surface area (Å²) in [6, 6.07) is 6.67. The molecule has 0 aliphatic carbocycles. The molecule has 1 aromatic heterocycles. The van der Waals surface area contributed by atoms with Crippen LogP contribution in [-0.2, 0) is 6.42 Å². The van der Waals surface area contributed by atoms with Gasteiger partial charge in [-0.25, -0.2) is 14.5 Å². The molecule has 0 saturated carbocycles. The summed E-state index contributed by atoms with van der Waals surface area (Å²) < 4.78 is 1.38. The van der Waals surface area contributed by atoms with E-state index in [4.69, 9.17) is 22.0 Å². The molecule has 2 rings (SSSR count). The largest absolute Gasteiger partial charge is 0.475 e. The minimum atomic E-state index is -1.20. The van der Waals surface area contributed by atoms with E-state index in [0.29, 0.717) is 28.5 Å². The molecule has 7 heteroatoms. The van der Waals surface area contributed by atoms with Gasteiger partial charge >= 0.3 is 5.97 Å². The SMILES string of the molecule is CCc1nc(C(=O)O)nn1-c1ccc(C#N)cc1Cl. The summed E-state index contributed by atoms with van der Waals surface area (Å²) in [7, 11) is 0. The highest BCUT2D eigenvalue weighted by atomic mass is 35.5. The van der Waals surface area contributed by atoms with E-state index >= 15 is 0 Å². The monoisotopic (exact) mass is 276 g/mol. The van der Waals surface area contributed by atoms with Crippen molar-refractivity contribution in [3.05, 3.63) is 40.4 Å². The molecule has 0 atom stereocenters. The number of benzene rings is 1. The Kier molecular flexibility index (Phi) is 3.49. The molecule has 0 bridgehead atoms. The number of carbonyl (C=O) groups is 1. The molecule has 0 aliphatic rings. The van der Waals surface area contributed by atoms with Crippen LogP contribution in [-0.4, -0.2) is 25.8 Å². The van der Waals surface area contributed by atoms with E-state index in [1.165, 1.54) is 10.7 Å². The van der Waals surface area contributed by atoms with Crippen LogP contribution in [0, 0.1) is 11.3 Å². The van der Waals surface area contributed by atoms with Crippen LogP contribution >= 0.6 is 11.6 Å². The van der Waals surface area contributed by atoms with Gasteiger partial charge in [-0.3, -0.25) is 0 Å². The first-order valence-electron chi connectivity index (χ1n) is 5.46. The van der Waals surface area contributed by atoms with Crippen molar-refractivity contribution in [2.75, 3.05) is 0 Å². The lowest BCUT2D eigenvalue weighted by Crippen LogP contribution is -2.04. The first-order valence-corrected chi connectivity index (χ1v) is 5.84. The van der Waals surface area contributed by atoms with Crippen LogP contribution in [0.3, 0.4) is 0 Å². The molecule has 1 aromatic carbocycles. The van der Waals surface area contributed by atoms with Crippen LogP contribution in [0.4, 0.5) is 0 Å². The number of halogens is 1. The van der Waals surface area contributed by atoms with Crippen molar-refractivity contribution in [3.63, 3.8) is 0 Å². The number of hydrogen-bond donors (Lipinski definition) is 1. The molecule has 1 heterocycles. The lowest BCUT2D eigenvalue weighted by molar-refractivity contribution is 0.0683. The summed E-state index contributed by atoms with van der Waals surface area (Å²) in [6.07, 6.45) is 0.511. The zero-order valence-corrected chi connectivity index (χ0v) is 10.7. The van der Waals surface area contributed by atoms with Gasteiger partial charge in [0.2, 0.25) is 0 Å². The molecule has 19 heavy (non-hydrogen) atoms. The Balaban J connectivity index is 2.58. The van der Waals surface area contributed by atoms with Gasteiger partial charge in [0.25, 0.3) is 5.82 Å². The molecular weight excluding hydrogens is 268 g/mol. The summed E-state index contributed by atoms with van der Waals surface area (Å²) >= 11 is 6.07. The third-order valence-corrected chi connectivity index (χ3v) is 2.79. The Bertz CT molecular complexity index is 688. The van der Waals surface area contributed by atoms with Crippen molar-refractivity contribution >= 4 is 17.6 Å². The number of carboxylic acid groups (broad SMARTS) is 1. The number of hydrogen-bond acceptors (Lipinski definition) is 4. The highest BCUT2D eigenvalue weighted by Gasteiger charge is 2.17. The Morgan fingerprint density at radius 2 is 2.32 bits per heavy atom. The Hall–Kier alpha value is -2.39. The first kappa shape index (κ1) is 13.1. The van der Waals surface area contributed by atoms with E-state index in [9.17, 15) is 4.79 Å². The lowest BCUT2D eigenvalue weighted by Gasteiger charge is -2.06. The summed E-state index contributed by atoms with van der Waals surface area (Å²) in [4.78, 5) is 14.8. The van der Waals surface area contributed by atoms with Gasteiger partial charge in [-0.15, -0.1) is 5.10 Å². The van der Waals surface area contributed by atoms with Crippen molar-refractivity contribution in [1.29, 1.82) is 5.26 Å². The molecule has 96 valence electrons. The number of carboxylic acids is 1. The van der Waals surface area contributed by atoms with Crippen LogP contribution in [0.2, 0.25) is 5.02 Å². The van der Waals surface area contributed by atoms with Crippen LogP contribution in [0.15, 0.2) is 18.2 Å². The van der Waals surface area contributed by atoms with Gasteiger partial charge in [0, 0.05) is 6.42 Å². The number of nitriles is 1. The molecular formula is C12H9ClN4O2. The number of nitrogens with zero attached hydrogens (tertiary/aromatic N) is 4. The summed E-state index contributed by atoms with van der Waals surface area (Å²) in [5.41, 5.74) is 0.919. The topological polar surface area (TPSA) is 91.8 Å². The summed E-state index contributed by atoms with van der Waals surface area (Å²) in [6.45, 7) is 1.84. The van der Waals surface area contributed by atoms with Gasteiger partial charge in [-0.2, -0.15) is 5.26 Å². The van der Waals surface area contributed by atoms with Crippen molar-refractivity contribution in [2.45, 2.75) is 13.3 Å². The van der Waals surface area contributed by atoms with E-state index in [1.54, 1.807) is 12.1 Å². The van der Waals surface area contributed by atoms with E-state index in [2.05, 4.69) is 10.1 Å². The van der Waals surface area contributed by atoms with Gasteiger partial charge in [-0.1, -0.05) is 18.5 Å². The molecule has 2 aromatic rings. The minimum absolute atomic E-state index is 0.280. The van der Waals surface area contributed by atoms with Crippen LogP contribution in [0.5, 0.6) is 0 Å². The predicted octanol–water partition coefficient (Wildman–Crippen LogP) is 2.05. The first-order chi connectivity index (χ1) is 9.06. The smallest absolute Gasteiger partial charge is 0.375 e. The molecule has 6 nitrogen and oxygen atoms in total.